The smallest absolute Gasteiger partial charge is 0.356 e. The molecule has 0 bridgehead atoms. The van der Waals surface area contributed by atoms with Crippen molar-refractivity contribution in [3.63, 3.8) is 0 Å². The first-order valence-electron chi connectivity index (χ1n) is 2.19. The topological polar surface area (TPSA) is 265 Å². The van der Waals surface area contributed by atoms with Crippen LogP contribution in [0.2, 0.25) is 0 Å². The van der Waals surface area contributed by atoms with Crippen molar-refractivity contribution >= 4 is 8.41 Å². The van der Waals surface area contributed by atoms with Crippen molar-refractivity contribution in [2.24, 2.45) is 0 Å². The van der Waals surface area contributed by atoms with Crippen LogP contribution in [0.5, 0.6) is 0 Å². The summed E-state index contributed by atoms with van der Waals surface area (Å²) in [5.41, 5.74) is 0. The molecular formula is HBFKN4O12. The molecular weight excluding hydrogens is 317 g/mol. The maximum atomic E-state index is 8.25. The van der Waals surface area contributed by atoms with Crippen LogP contribution in [0, 0.1) is 61.3 Å². The third-order valence-electron chi connectivity index (χ3n) is 0. The van der Waals surface area contributed by atoms with Crippen LogP contribution in [-0.4, -0.2) is 28.8 Å². The fraction of sp³-hybridized carbons (Fsp3) is 0. The zero-order chi connectivity index (χ0) is 14.3. The van der Waals surface area contributed by atoms with Crippen LogP contribution >= 0.6 is 0 Å². The summed E-state index contributed by atoms with van der Waals surface area (Å²) >= 11 is 0. The van der Waals surface area contributed by atoms with Crippen molar-refractivity contribution in [2.75, 3.05) is 0 Å². The maximum Gasteiger partial charge on any atom is 3.00 e. The Kier molecular flexibility index (Phi) is 81.9. The van der Waals surface area contributed by atoms with Crippen LogP contribution in [-0.2, 0) is 0 Å². The van der Waals surface area contributed by atoms with Crippen molar-refractivity contribution in [1.29, 1.82) is 0 Å². The second kappa shape index (κ2) is 36.0. The predicted octanol–water partition coefficient (Wildman–Crippen LogP) is -4.18. The molecule has 0 amide bonds. The molecule has 0 aliphatic carbocycles. The molecule has 0 fully saturated rings. The summed E-state index contributed by atoms with van der Waals surface area (Å²) in [6.45, 7) is 0. The van der Waals surface area contributed by atoms with Crippen molar-refractivity contribution in [3.05, 3.63) is 61.3 Å². The van der Waals surface area contributed by atoms with E-state index in [-0.39, 0.29) is 64.5 Å². The first-order valence-corrected chi connectivity index (χ1v) is 2.19. The molecule has 0 aromatic rings. The molecule has 0 N–H and O–H groups in total. The van der Waals surface area contributed by atoms with E-state index in [2.05, 4.69) is 0 Å². The van der Waals surface area contributed by atoms with Crippen LogP contribution in [0.4, 0.5) is 4.70 Å². The van der Waals surface area contributed by atoms with Gasteiger partial charge >= 0.3 is 59.8 Å². The van der Waals surface area contributed by atoms with Gasteiger partial charge < -0.3 is 61.3 Å². The molecule has 0 atom stereocenters. The molecule has 0 unspecified atom stereocenters. The summed E-state index contributed by atoms with van der Waals surface area (Å²) in [6, 6.07) is 0. The Bertz CT molecular complexity index is 170. The van der Waals surface area contributed by atoms with E-state index in [0.717, 1.165) is 0 Å². The van der Waals surface area contributed by atoms with Gasteiger partial charge in [-0.05, 0) is 0 Å². The van der Waals surface area contributed by atoms with Gasteiger partial charge in [0.25, 0.3) is 0 Å². The molecule has 19 heteroatoms. The Balaban J connectivity index is -0.0000000192. The number of nitrogens with zero attached hydrogens (tertiary/aromatic N) is 4. The largest absolute Gasteiger partial charge is 3.00 e. The van der Waals surface area contributed by atoms with E-state index in [4.69, 9.17) is 61.3 Å². The van der Waals surface area contributed by atoms with Gasteiger partial charge in [0, 0.05) is 0 Å². The van der Waals surface area contributed by atoms with Crippen LogP contribution in [0.3, 0.4) is 0 Å². The molecule has 16 nitrogen and oxygen atoms in total. The van der Waals surface area contributed by atoms with Gasteiger partial charge in [-0.3, -0.25) is 4.70 Å². The maximum absolute atomic E-state index is 8.25. The van der Waals surface area contributed by atoms with Crippen LogP contribution in [0.15, 0.2) is 0 Å². The van der Waals surface area contributed by atoms with E-state index >= 15 is 0 Å². The Morgan fingerprint density at radius 3 is 0.474 bits per heavy atom. The standard InChI is InChI=1S/B.FH.K.4NO3/c;;;4*2-1(3)4/h;1H;;;;;/q+3;;+1;4*-1. The van der Waals surface area contributed by atoms with E-state index in [1.54, 1.807) is 0 Å². The average Bonchev–Trinajstić information content (AvgIpc) is 1.76. The molecule has 0 aromatic carbocycles. The van der Waals surface area contributed by atoms with Gasteiger partial charge in [0.05, 0.1) is 20.3 Å². The zero-order valence-electron chi connectivity index (χ0n) is 8.67. The number of hydrogen-bond acceptors (Lipinski definition) is 12. The van der Waals surface area contributed by atoms with Crippen molar-refractivity contribution in [1.82, 2.24) is 0 Å². The van der Waals surface area contributed by atoms with Gasteiger partial charge in [-0.15, -0.1) is 0 Å². The zero-order valence-corrected chi connectivity index (χ0v) is 11.8. The molecule has 0 aliphatic heterocycles. The van der Waals surface area contributed by atoms with Gasteiger partial charge in [0.2, 0.25) is 0 Å². The molecule has 0 spiro atoms. The van der Waals surface area contributed by atoms with E-state index < -0.39 is 20.3 Å². The van der Waals surface area contributed by atoms with E-state index in [1.807, 2.05) is 0 Å². The van der Waals surface area contributed by atoms with Gasteiger partial charge in [0.1, 0.15) is 0 Å². The molecule has 104 valence electrons. The molecule has 0 aliphatic rings. The fourth-order valence-corrected chi connectivity index (χ4v) is 0. The Labute approximate surface area is 145 Å². The van der Waals surface area contributed by atoms with Crippen molar-refractivity contribution < 1.29 is 76.4 Å². The van der Waals surface area contributed by atoms with Gasteiger partial charge in [-0.25, -0.2) is 0 Å². The number of hydrogen-bond donors (Lipinski definition) is 0. The Morgan fingerprint density at radius 1 is 0.474 bits per heavy atom. The first kappa shape index (κ1) is 43.3. The van der Waals surface area contributed by atoms with Gasteiger partial charge in [-0.1, -0.05) is 0 Å². The average molecular weight is 318 g/mol. The van der Waals surface area contributed by atoms with Crippen molar-refractivity contribution in [3.8, 4) is 0 Å². The fourth-order valence-electron chi connectivity index (χ4n) is 0. The summed E-state index contributed by atoms with van der Waals surface area (Å²) < 4.78 is 0. The summed E-state index contributed by atoms with van der Waals surface area (Å²) in [4.78, 5) is 33.0. The first-order chi connectivity index (χ1) is 6.93. The normalized spacial score (nSPS) is 5.05. The molecule has 19 heavy (non-hydrogen) atoms. The van der Waals surface area contributed by atoms with Crippen molar-refractivity contribution in [2.45, 2.75) is 0 Å². The van der Waals surface area contributed by atoms with Crippen LogP contribution in [0.1, 0.15) is 0 Å². The quantitative estimate of drug-likeness (QED) is 0.233. The van der Waals surface area contributed by atoms with E-state index in [1.165, 1.54) is 0 Å². The minimum atomic E-state index is -1.75. The second-order valence-corrected chi connectivity index (χ2v) is 0.894. The molecule has 0 saturated heterocycles. The monoisotopic (exact) mass is 318 g/mol. The SMILES string of the molecule is F.O=[N+]([O-])[O-].O=[N+]([O-])[O-].O=[N+]([O-])[O-].O=[N+]([O-])[O-].[B+3].[K+]. The van der Waals surface area contributed by atoms with Gasteiger partial charge in [0.15, 0.2) is 0 Å². The minimum Gasteiger partial charge on any atom is -0.356 e. The summed E-state index contributed by atoms with van der Waals surface area (Å²) in [7, 11) is 0. The summed E-state index contributed by atoms with van der Waals surface area (Å²) in [5.74, 6) is 0. The third kappa shape index (κ3) is 1390. The number of halogens is 1. The number of rotatable bonds is 0. The Hall–Kier alpha value is -1.57. The molecule has 0 aromatic heterocycles. The van der Waals surface area contributed by atoms with E-state index in [0.29, 0.717) is 0 Å². The van der Waals surface area contributed by atoms with E-state index in [9.17, 15) is 0 Å². The third-order valence-corrected chi connectivity index (χ3v) is 0. The van der Waals surface area contributed by atoms with Crippen LogP contribution in [0.25, 0.3) is 0 Å². The molecule has 0 rings (SSSR count). The summed E-state index contributed by atoms with van der Waals surface area (Å²) in [6.07, 6.45) is 0. The second-order valence-electron chi connectivity index (χ2n) is 0.894. The molecule has 0 radical (unpaired) electrons. The molecule has 0 heterocycles. The minimum absolute atomic E-state index is 0. The Morgan fingerprint density at radius 2 is 0.474 bits per heavy atom. The van der Waals surface area contributed by atoms with Crippen LogP contribution < -0.4 is 51.4 Å². The predicted molar refractivity (Wildman–Crippen MR) is 49.7 cm³/mol. The summed E-state index contributed by atoms with van der Waals surface area (Å²) in [5, 5.41) is 59.0. The van der Waals surface area contributed by atoms with Gasteiger partial charge in [-0.2, -0.15) is 0 Å². The molecule has 0 saturated carbocycles.